The molecule has 1 unspecified atom stereocenters. The highest BCUT2D eigenvalue weighted by Crippen LogP contribution is 2.41. The summed E-state index contributed by atoms with van der Waals surface area (Å²) in [5.74, 6) is -0.938. The predicted molar refractivity (Wildman–Crippen MR) is 119 cm³/mol. The molecular weight excluding hydrogens is 406 g/mol. The molecule has 1 fully saturated rings. The molecule has 0 radical (unpaired) electrons. The van der Waals surface area contributed by atoms with Gasteiger partial charge < -0.3 is 14.7 Å². The fourth-order valence-electron chi connectivity index (χ4n) is 4.01. The third-order valence-corrected chi connectivity index (χ3v) is 5.62. The first-order valence-electron chi connectivity index (χ1n) is 10.2. The highest BCUT2D eigenvalue weighted by atomic mass is 16.5. The Morgan fingerprint density at radius 2 is 1.81 bits per heavy atom. The van der Waals surface area contributed by atoms with Gasteiger partial charge in [-0.05, 0) is 66.9 Å². The summed E-state index contributed by atoms with van der Waals surface area (Å²) in [4.78, 5) is 36.0. The molecule has 1 aliphatic heterocycles. The molecule has 1 aliphatic rings. The van der Waals surface area contributed by atoms with Gasteiger partial charge in [-0.2, -0.15) is 0 Å². The van der Waals surface area contributed by atoms with Gasteiger partial charge in [-0.25, -0.2) is 0 Å². The van der Waals surface area contributed by atoms with E-state index in [4.69, 9.17) is 4.74 Å². The van der Waals surface area contributed by atoms with E-state index in [2.05, 4.69) is 9.97 Å². The molecule has 7 nitrogen and oxygen atoms in total. The molecule has 2 aromatic heterocycles. The summed E-state index contributed by atoms with van der Waals surface area (Å²) in [5.41, 5.74) is 3.39. The van der Waals surface area contributed by atoms with Crippen LogP contribution in [0.25, 0.3) is 5.76 Å². The number of aliphatic hydroxyl groups is 1. The van der Waals surface area contributed by atoms with E-state index < -0.39 is 17.7 Å². The standard InChI is InChI=1S/C25H23N3O4/c1-15-13-20(32-3)16(2)12-19(15)23(29)21-22(17-7-10-26-11-8-17)28(25(31)24(21)30)14-18-6-4-5-9-27-18/h4-13,22,29H,14H2,1-3H3/b23-21+. The van der Waals surface area contributed by atoms with Crippen molar-refractivity contribution in [3.05, 3.63) is 94.6 Å². The second-order valence-electron chi connectivity index (χ2n) is 7.67. The van der Waals surface area contributed by atoms with Gasteiger partial charge in [0.25, 0.3) is 11.7 Å². The number of likely N-dealkylation sites (tertiary alicyclic amines) is 1. The molecule has 0 aliphatic carbocycles. The Morgan fingerprint density at radius 3 is 2.47 bits per heavy atom. The Hall–Kier alpha value is -4.00. The molecule has 1 aromatic carbocycles. The minimum absolute atomic E-state index is 0.0461. The molecule has 3 heterocycles. The van der Waals surface area contributed by atoms with Gasteiger partial charge in [0.05, 0.1) is 31.0 Å². The van der Waals surface area contributed by atoms with Crippen molar-refractivity contribution in [2.24, 2.45) is 0 Å². The number of Topliss-reactive ketones (excluding diaryl/α,β-unsaturated/α-hetero) is 1. The lowest BCUT2D eigenvalue weighted by molar-refractivity contribution is -0.140. The van der Waals surface area contributed by atoms with Crippen molar-refractivity contribution in [1.82, 2.24) is 14.9 Å². The number of ketones is 1. The van der Waals surface area contributed by atoms with Gasteiger partial charge in [-0.15, -0.1) is 0 Å². The fraction of sp³-hybridized carbons (Fsp3) is 0.200. The number of aromatic nitrogens is 2. The van der Waals surface area contributed by atoms with Crippen LogP contribution in [-0.2, 0) is 16.1 Å². The number of amides is 1. The maximum atomic E-state index is 13.2. The first-order valence-corrected chi connectivity index (χ1v) is 10.2. The van der Waals surface area contributed by atoms with E-state index in [-0.39, 0.29) is 17.9 Å². The van der Waals surface area contributed by atoms with Crippen LogP contribution >= 0.6 is 0 Å². The third kappa shape index (κ3) is 3.73. The van der Waals surface area contributed by atoms with E-state index in [1.54, 1.807) is 62.1 Å². The molecule has 3 aromatic rings. The number of hydrogen-bond acceptors (Lipinski definition) is 6. The molecule has 1 amide bonds. The summed E-state index contributed by atoms with van der Waals surface area (Å²) in [5, 5.41) is 11.3. The van der Waals surface area contributed by atoms with Crippen LogP contribution < -0.4 is 4.74 Å². The smallest absolute Gasteiger partial charge is 0.296 e. The maximum Gasteiger partial charge on any atom is 0.296 e. The van der Waals surface area contributed by atoms with Gasteiger partial charge in [-0.1, -0.05) is 6.07 Å². The number of carbonyl (C=O) groups excluding carboxylic acids is 2. The lowest BCUT2D eigenvalue weighted by Gasteiger charge is -2.25. The SMILES string of the molecule is COc1cc(C)c(/C(O)=C2\C(=O)C(=O)N(Cc3ccccn3)C2c2ccncc2)cc1C. The number of rotatable bonds is 5. The summed E-state index contributed by atoms with van der Waals surface area (Å²) in [6.07, 6.45) is 4.83. The topological polar surface area (TPSA) is 92.6 Å². The number of carbonyl (C=O) groups is 2. The van der Waals surface area contributed by atoms with E-state index >= 15 is 0 Å². The molecule has 0 saturated carbocycles. The number of aryl methyl sites for hydroxylation is 2. The molecule has 1 atom stereocenters. The molecule has 0 spiro atoms. The molecular formula is C25H23N3O4. The molecule has 0 bridgehead atoms. The second-order valence-corrected chi connectivity index (χ2v) is 7.67. The molecule has 1 saturated heterocycles. The van der Waals surface area contributed by atoms with Crippen molar-refractivity contribution in [3.63, 3.8) is 0 Å². The predicted octanol–water partition coefficient (Wildman–Crippen LogP) is 3.72. The van der Waals surface area contributed by atoms with E-state index in [1.807, 2.05) is 19.9 Å². The molecule has 7 heteroatoms. The van der Waals surface area contributed by atoms with Crippen LogP contribution in [0, 0.1) is 13.8 Å². The Labute approximate surface area is 186 Å². The zero-order chi connectivity index (χ0) is 22.8. The summed E-state index contributed by atoms with van der Waals surface area (Å²) in [7, 11) is 1.58. The quantitative estimate of drug-likeness (QED) is 0.378. The van der Waals surface area contributed by atoms with E-state index in [0.29, 0.717) is 22.6 Å². The number of hydrogen-bond donors (Lipinski definition) is 1. The first kappa shape index (κ1) is 21.2. The maximum absolute atomic E-state index is 13.2. The second kappa shape index (κ2) is 8.63. The van der Waals surface area contributed by atoms with E-state index in [0.717, 1.165) is 11.1 Å². The lowest BCUT2D eigenvalue weighted by atomic mass is 9.93. The summed E-state index contributed by atoms with van der Waals surface area (Å²) >= 11 is 0. The highest BCUT2D eigenvalue weighted by molar-refractivity contribution is 6.46. The number of ether oxygens (including phenoxy) is 1. The number of aliphatic hydroxyl groups excluding tert-OH is 1. The molecule has 4 rings (SSSR count). The monoisotopic (exact) mass is 429 g/mol. The Morgan fingerprint density at radius 1 is 1.06 bits per heavy atom. The van der Waals surface area contributed by atoms with Crippen LogP contribution in [0.3, 0.4) is 0 Å². The van der Waals surface area contributed by atoms with Gasteiger partial charge in [0.2, 0.25) is 0 Å². The largest absolute Gasteiger partial charge is 0.507 e. The molecule has 1 N–H and O–H groups in total. The van der Waals surface area contributed by atoms with Gasteiger partial charge in [0.1, 0.15) is 11.5 Å². The average molecular weight is 429 g/mol. The van der Waals surface area contributed by atoms with Gasteiger partial charge in [0, 0.05) is 24.2 Å². The summed E-state index contributed by atoms with van der Waals surface area (Å²) in [6.45, 7) is 3.81. The highest BCUT2D eigenvalue weighted by Gasteiger charge is 2.46. The van der Waals surface area contributed by atoms with Crippen molar-refractivity contribution >= 4 is 17.4 Å². The fourth-order valence-corrected chi connectivity index (χ4v) is 4.01. The summed E-state index contributed by atoms with van der Waals surface area (Å²) < 4.78 is 5.36. The molecule has 32 heavy (non-hydrogen) atoms. The van der Waals surface area contributed by atoms with Crippen LogP contribution in [0.15, 0.2) is 66.6 Å². The van der Waals surface area contributed by atoms with Gasteiger partial charge in [-0.3, -0.25) is 19.6 Å². The summed E-state index contributed by atoms with van der Waals surface area (Å²) in [6, 6.07) is 11.7. The van der Waals surface area contributed by atoms with Crippen molar-refractivity contribution in [3.8, 4) is 5.75 Å². The van der Waals surface area contributed by atoms with Gasteiger partial charge >= 0.3 is 0 Å². The number of benzene rings is 1. The first-order chi connectivity index (χ1) is 15.4. The zero-order valence-corrected chi connectivity index (χ0v) is 18.1. The van der Waals surface area contributed by atoms with Crippen molar-refractivity contribution in [2.45, 2.75) is 26.4 Å². The minimum atomic E-state index is -0.762. The average Bonchev–Trinajstić information content (AvgIpc) is 3.06. The number of methoxy groups -OCH3 is 1. The van der Waals surface area contributed by atoms with Crippen LogP contribution in [0.1, 0.15) is 34.0 Å². The number of pyridine rings is 2. The normalized spacial score (nSPS) is 17.6. The van der Waals surface area contributed by atoms with Gasteiger partial charge in [0.15, 0.2) is 0 Å². The Bertz CT molecular complexity index is 1210. The van der Waals surface area contributed by atoms with Crippen molar-refractivity contribution in [2.75, 3.05) is 7.11 Å². The van der Waals surface area contributed by atoms with Crippen LogP contribution in [-0.4, -0.2) is 38.8 Å². The number of nitrogens with zero attached hydrogens (tertiary/aromatic N) is 3. The molecule has 162 valence electrons. The third-order valence-electron chi connectivity index (χ3n) is 5.62. The Kier molecular flexibility index (Phi) is 5.73. The Balaban J connectivity index is 1.89. The van der Waals surface area contributed by atoms with E-state index in [9.17, 15) is 14.7 Å². The van der Waals surface area contributed by atoms with Crippen molar-refractivity contribution in [1.29, 1.82) is 0 Å². The van der Waals surface area contributed by atoms with Crippen LogP contribution in [0.4, 0.5) is 0 Å². The van der Waals surface area contributed by atoms with Crippen LogP contribution in [0.5, 0.6) is 5.75 Å². The van der Waals surface area contributed by atoms with Crippen molar-refractivity contribution < 1.29 is 19.4 Å². The van der Waals surface area contributed by atoms with E-state index in [1.165, 1.54) is 4.90 Å². The zero-order valence-electron chi connectivity index (χ0n) is 18.1. The lowest BCUT2D eigenvalue weighted by Crippen LogP contribution is -2.29. The minimum Gasteiger partial charge on any atom is -0.507 e. The van der Waals surface area contributed by atoms with Crippen LogP contribution in [0.2, 0.25) is 0 Å².